The highest BCUT2D eigenvalue weighted by molar-refractivity contribution is 5.44. The minimum atomic E-state index is -0.898. The maximum Gasteiger partial charge on any atom is 0.120 e. The molecule has 0 heterocycles. The third-order valence-electron chi connectivity index (χ3n) is 4.13. The molecule has 0 saturated heterocycles. The molecule has 0 bridgehead atoms. The van der Waals surface area contributed by atoms with Crippen LogP contribution < -0.4 is 4.74 Å². The Kier molecular flexibility index (Phi) is 3.73. The van der Waals surface area contributed by atoms with Crippen LogP contribution in [0.15, 0.2) is 48.5 Å². The lowest BCUT2D eigenvalue weighted by Gasteiger charge is -2.35. The van der Waals surface area contributed by atoms with Crippen LogP contribution in [0.2, 0.25) is 0 Å². The van der Waals surface area contributed by atoms with Crippen LogP contribution >= 0.6 is 0 Å². The van der Waals surface area contributed by atoms with E-state index in [1.54, 1.807) is 0 Å². The first-order valence-electron chi connectivity index (χ1n) is 7.67. The SMILES string of the molecule is CC(C)Oc1cccc(C2(O)CCCc3ccccc32)c1. The molecule has 1 N–H and O–H groups in total. The number of hydrogen-bond acceptors (Lipinski definition) is 2. The van der Waals surface area contributed by atoms with E-state index in [9.17, 15) is 5.11 Å². The van der Waals surface area contributed by atoms with Gasteiger partial charge in [0.15, 0.2) is 0 Å². The Hall–Kier alpha value is -1.80. The minimum Gasteiger partial charge on any atom is -0.491 e. The van der Waals surface area contributed by atoms with E-state index < -0.39 is 5.60 Å². The number of aryl methyl sites for hydroxylation is 1. The van der Waals surface area contributed by atoms with Gasteiger partial charge in [0, 0.05) is 0 Å². The van der Waals surface area contributed by atoms with Crippen molar-refractivity contribution in [2.24, 2.45) is 0 Å². The second kappa shape index (κ2) is 5.53. The van der Waals surface area contributed by atoms with Crippen LogP contribution in [0, 0.1) is 0 Å². The van der Waals surface area contributed by atoms with E-state index in [2.05, 4.69) is 6.07 Å². The first kappa shape index (κ1) is 14.2. The quantitative estimate of drug-likeness (QED) is 0.920. The van der Waals surface area contributed by atoms with Gasteiger partial charge in [-0.3, -0.25) is 0 Å². The molecule has 0 spiro atoms. The molecule has 21 heavy (non-hydrogen) atoms. The van der Waals surface area contributed by atoms with Crippen molar-refractivity contribution in [2.45, 2.75) is 44.8 Å². The van der Waals surface area contributed by atoms with Crippen molar-refractivity contribution in [3.63, 3.8) is 0 Å². The fraction of sp³-hybridized carbons (Fsp3) is 0.368. The molecular formula is C19H22O2. The Labute approximate surface area is 126 Å². The molecule has 2 nitrogen and oxygen atoms in total. The van der Waals surface area contributed by atoms with Gasteiger partial charge in [0.05, 0.1) is 6.10 Å². The third-order valence-corrected chi connectivity index (χ3v) is 4.13. The van der Waals surface area contributed by atoms with E-state index >= 15 is 0 Å². The summed E-state index contributed by atoms with van der Waals surface area (Å²) < 4.78 is 5.77. The van der Waals surface area contributed by atoms with E-state index in [0.717, 1.165) is 36.1 Å². The lowest BCUT2D eigenvalue weighted by Crippen LogP contribution is -2.31. The molecule has 0 aliphatic heterocycles. The smallest absolute Gasteiger partial charge is 0.120 e. The highest BCUT2D eigenvalue weighted by atomic mass is 16.5. The van der Waals surface area contributed by atoms with Crippen molar-refractivity contribution in [1.29, 1.82) is 0 Å². The highest BCUT2D eigenvalue weighted by Crippen LogP contribution is 2.41. The van der Waals surface area contributed by atoms with Crippen molar-refractivity contribution in [3.05, 3.63) is 65.2 Å². The van der Waals surface area contributed by atoms with Gasteiger partial charge in [-0.25, -0.2) is 0 Å². The fourth-order valence-corrected chi connectivity index (χ4v) is 3.21. The first-order valence-corrected chi connectivity index (χ1v) is 7.67. The van der Waals surface area contributed by atoms with Gasteiger partial charge < -0.3 is 9.84 Å². The molecule has 110 valence electrons. The van der Waals surface area contributed by atoms with Crippen molar-refractivity contribution in [3.8, 4) is 5.75 Å². The summed E-state index contributed by atoms with van der Waals surface area (Å²) >= 11 is 0. The molecule has 1 aliphatic rings. The largest absolute Gasteiger partial charge is 0.491 e. The fourth-order valence-electron chi connectivity index (χ4n) is 3.21. The summed E-state index contributed by atoms with van der Waals surface area (Å²) in [5.74, 6) is 0.818. The number of aliphatic hydroxyl groups is 1. The zero-order valence-corrected chi connectivity index (χ0v) is 12.7. The number of benzene rings is 2. The molecule has 0 fully saturated rings. The monoisotopic (exact) mass is 282 g/mol. The Morgan fingerprint density at radius 3 is 2.71 bits per heavy atom. The van der Waals surface area contributed by atoms with Crippen molar-refractivity contribution >= 4 is 0 Å². The van der Waals surface area contributed by atoms with Crippen molar-refractivity contribution in [1.82, 2.24) is 0 Å². The van der Waals surface area contributed by atoms with Gasteiger partial charge >= 0.3 is 0 Å². The molecule has 1 atom stereocenters. The molecule has 0 amide bonds. The van der Waals surface area contributed by atoms with Gasteiger partial charge in [0.1, 0.15) is 11.4 Å². The third kappa shape index (κ3) is 2.68. The predicted molar refractivity (Wildman–Crippen MR) is 84.6 cm³/mol. The molecule has 3 rings (SSSR count). The Morgan fingerprint density at radius 2 is 1.90 bits per heavy atom. The van der Waals surface area contributed by atoms with Crippen LogP contribution in [0.1, 0.15) is 43.4 Å². The predicted octanol–water partition coefficient (Wildman–Crippen LogP) is 4.05. The van der Waals surface area contributed by atoms with Crippen molar-refractivity contribution < 1.29 is 9.84 Å². The Morgan fingerprint density at radius 1 is 1.10 bits per heavy atom. The molecule has 0 aromatic heterocycles. The van der Waals surface area contributed by atoms with Crippen LogP contribution in [-0.4, -0.2) is 11.2 Å². The summed E-state index contributed by atoms with van der Waals surface area (Å²) in [6.45, 7) is 4.02. The molecule has 2 aromatic carbocycles. The van der Waals surface area contributed by atoms with Crippen LogP contribution in [0.4, 0.5) is 0 Å². The molecule has 1 unspecified atom stereocenters. The molecule has 2 aromatic rings. The zero-order chi connectivity index (χ0) is 14.9. The summed E-state index contributed by atoms with van der Waals surface area (Å²) in [7, 11) is 0. The zero-order valence-electron chi connectivity index (χ0n) is 12.7. The number of rotatable bonds is 3. The first-order chi connectivity index (χ1) is 10.1. The van der Waals surface area contributed by atoms with Gasteiger partial charge in [-0.15, -0.1) is 0 Å². The number of hydrogen-bond donors (Lipinski definition) is 1. The lowest BCUT2D eigenvalue weighted by atomic mass is 9.75. The number of fused-ring (bicyclic) bond motifs is 1. The number of ether oxygens (including phenoxy) is 1. The van der Waals surface area contributed by atoms with E-state index in [1.165, 1.54) is 5.56 Å². The standard InChI is InChI=1S/C19H22O2/c1-14(2)21-17-10-5-9-16(13-17)19(20)12-6-8-15-7-3-4-11-18(15)19/h3-5,7,9-11,13-14,20H,6,8,12H2,1-2H3. The summed E-state index contributed by atoms with van der Waals surface area (Å²) in [5.41, 5.74) is 2.32. The maximum absolute atomic E-state index is 11.3. The summed E-state index contributed by atoms with van der Waals surface area (Å²) in [6.07, 6.45) is 2.94. The Balaban J connectivity index is 2.04. The van der Waals surface area contributed by atoms with Gasteiger partial charge in [-0.1, -0.05) is 36.4 Å². The second-order valence-corrected chi connectivity index (χ2v) is 6.07. The van der Waals surface area contributed by atoms with E-state index in [-0.39, 0.29) is 6.10 Å². The molecule has 0 saturated carbocycles. The normalized spacial score (nSPS) is 21.1. The Bertz CT molecular complexity index is 633. The summed E-state index contributed by atoms with van der Waals surface area (Å²) in [5, 5.41) is 11.3. The molecule has 1 aliphatic carbocycles. The van der Waals surface area contributed by atoms with E-state index in [4.69, 9.17) is 4.74 Å². The van der Waals surface area contributed by atoms with Gasteiger partial charge in [0.25, 0.3) is 0 Å². The van der Waals surface area contributed by atoms with Gasteiger partial charge in [-0.2, -0.15) is 0 Å². The van der Waals surface area contributed by atoms with Crippen LogP contribution in [0.3, 0.4) is 0 Å². The second-order valence-electron chi connectivity index (χ2n) is 6.07. The van der Waals surface area contributed by atoms with Gasteiger partial charge in [0.2, 0.25) is 0 Å². The highest BCUT2D eigenvalue weighted by Gasteiger charge is 2.36. The van der Waals surface area contributed by atoms with Crippen LogP contribution in [-0.2, 0) is 12.0 Å². The van der Waals surface area contributed by atoms with Crippen LogP contribution in [0.5, 0.6) is 5.75 Å². The molecule has 2 heteroatoms. The average Bonchev–Trinajstić information content (AvgIpc) is 2.47. The van der Waals surface area contributed by atoms with E-state index in [0.29, 0.717) is 0 Å². The molecule has 0 radical (unpaired) electrons. The van der Waals surface area contributed by atoms with Crippen LogP contribution in [0.25, 0.3) is 0 Å². The minimum absolute atomic E-state index is 0.133. The van der Waals surface area contributed by atoms with Crippen molar-refractivity contribution in [2.75, 3.05) is 0 Å². The summed E-state index contributed by atoms with van der Waals surface area (Å²) in [4.78, 5) is 0. The van der Waals surface area contributed by atoms with E-state index in [1.807, 2.05) is 56.3 Å². The summed E-state index contributed by atoms with van der Waals surface area (Å²) in [6, 6.07) is 16.1. The van der Waals surface area contributed by atoms with Gasteiger partial charge in [-0.05, 0) is 61.9 Å². The molecular weight excluding hydrogens is 260 g/mol. The average molecular weight is 282 g/mol. The topological polar surface area (TPSA) is 29.5 Å². The maximum atomic E-state index is 11.3. The lowest BCUT2D eigenvalue weighted by molar-refractivity contribution is 0.0612.